The van der Waals surface area contributed by atoms with E-state index >= 15 is 0 Å². The zero-order valence-corrected chi connectivity index (χ0v) is 5.88. The molecule has 1 unspecified atom stereocenters. The molecule has 0 spiro atoms. The van der Waals surface area contributed by atoms with Crippen molar-refractivity contribution >= 4 is 5.84 Å². The first kappa shape index (κ1) is 7.50. The summed E-state index contributed by atoms with van der Waals surface area (Å²) in [5, 5.41) is 17.9. The van der Waals surface area contributed by atoms with Gasteiger partial charge in [0.05, 0.1) is 6.10 Å². The fourth-order valence-electron chi connectivity index (χ4n) is 1.01. The molecule has 4 N–H and O–H groups in total. The molecule has 1 aliphatic rings. The number of nitrogens with two attached hydrogens (primary N) is 1. The van der Waals surface area contributed by atoms with Gasteiger partial charge >= 0.3 is 0 Å². The number of hydrogen-bond donors (Lipinski definition) is 3. The van der Waals surface area contributed by atoms with Crippen molar-refractivity contribution in [2.75, 3.05) is 6.54 Å². The topological polar surface area (TPSA) is 73.3 Å². The van der Waals surface area contributed by atoms with Crippen LogP contribution in [0, 0.1) is 5.41 Å². The highest BCUT2D eigenvalue weighted by molar-refractivity contribution is 5.78. The van der Waals surface area contributed by atoms with Crippen LogP contribution in [0.25, 0.3) is 0 Å². The second-order valence-corrected chi connectivity index (χ2v) is 2.62. The minimum atomic E-state index is -0.270. The molecule has 0 radical (unpaired) electrons. The van der Waals surface area contributed by atoms with Crippen LogP contribution in [0.3, 0.4) is 0 Å². The molecule has 0 aliphatic carbocycles. The predicted octanol–water partition coefficient (Wildman–Crippen LogP) is -0.316. The largest absolute Gasteiger partial charge is 0.393 e. The Morgan fingerprint density at radius 1 is 1.60 bits per heavy atom. The van der Waals surface area contributed by atoms with Gasteiger partial charge in [-0.15, -0.1) is 0 Å². The number of rotatable bonds is 0. The molecule has 1 fully saturated rings. The zero-order valence-electron chi connectivity index (χ0n) is 5.88. The summed E-state index contributed by atoms with van der Waals surface area (Å²) < 4.78 is 0. The van der Waals surface area contributed by atoms with Gasteiger partial charge in [0, 0.05) is 13.0 Å². The highest BCUT2D eigenvalue weighted by atomic mass is 16.3. The van der Waals surface area contributed by atoms with Gasteiger partial charge in [-0.05, 0) is 12.8 Å². The molecule has 0 saturated carbocycles. The van der Waals surface area contributed by atoms with E-state index in [-0.39, 0.29) is 6.10 Å². The van der Waals surface area contributed by atoms with Gasteiger partial charge in [-0.3, -0.25) is 10.4 Å². The average Bonchev–Trinajstić information content (AvgIpc) is 2.04. The van der Waals surface area contributed by atoms with Gasteiger partial charge in [0.2, 0.25) is 0 Å². The van der Waals surface area contributed by atoms with Gasteiger partial charge in [-0.25, -0.2) is 5.84 Å². The molecule has 4 heteroatoms. The summed E-state index contributed by atoms with van der Waals surface area (Å²) in [6, 6.07) is 0. The number of hydrazine groups is 1. The van der Waals surface area contributed by atoms with Crippen LogP contribution in [-0.4, -0.2) is 28.6 Å². The lowest BCUT2D eigenvalue weighted by Gasteiger charge is -2.14. The second kappa shape index (κ2) is 2.98. The van der Waals surface area contributed by atoms with Crippen LogP contribution >= 0.6 is 0 Å². The second-order valence-electron chi connectivity index (χ2n) is 2.62. The van der Waals surface area contributed by atoms with E-state index in [2.05, 4.69) is 0 Å². The monoisotopic (exact) mass is 143 g/mol. The Morgan fingerprint density at radius 2 is 2.30 bits per heavy atom. The van der Waals surface area contributed by atoms with Crippen LogP contribution in [0.15, 0.2) is 0 Å². The smallest absolute Gasteiger partial charge is 0.110 e. The van der Waals surface area contributed by atoms with Gasteiger partial charge in [-0.2, -0.15) is 0 Å². The fourth-order valence-corrected chi connectivity index (χ4v) is 1.01. The Hall–Kier alpha value is -0.610. The van der Waals surface area contributed by atoms with Crippen molar-refractivity contribution in [2.24, 2.45) is 5.84 Å². The maximum absolute atomic E-state index is 9.15. The quantitative estimate of drug-likeness (QED) is 0.407. The summed E-state index contributed by atoms with van der Waals surface area (Å²) >= 11 is 0. The zero-order chi connectivity index (χ0) is 7.56. The molecule has 1 atom stereocenters. The first-order valence-corrected chi connectivity index (χ1v) is 3.48. The molecule has 1 rings (SSSR count). The number of nitrogens with zero attached hydrogens (tertiary/aromatic N) is 1. The van der Waals surface area contributed by atoms with Crippen LogP contribution in [0.4, 0.5) is 0 Å². The van der Waals surface area contributed by atoms with E-state index in [4.69, 9.17) is 16.4 Å². The molecule has 0 aromatic heterocycles. The Bertz CT molecular complexity index is 137. The molecule has 1 saturated heterocycles. The van der Waals surface area contributed by atoms with E-state index in [1.54, 1.807) is 0 Å². The lowest BCUT2D eigenvalue weighted by Crippen LogP contribution is -2.36. The first-order chi connectivity index (χ1) is 4.70. The lowest BCUT2D eigenvalue weighted by atomic mass is 10.2. The van der Waals surface area contributed by atoms with Crippen LogP contribution < -0.4 is 5.84 Å². The van der Waals surface area contributed by atoms with Gasteiger partial charge in [-0.1, -0.05) is 0 Å². The molecule has 0 aromatic carbocycles. The lowest BCUT2D eigenvalue weighted by molar-refractivity contribution is 0.156. The summed E-state index contributed by atoms with van der Waals surface area (Å²) in [6.07, 6.45) is 1.68. The van der Waals surface area contributed by atoms with Gasteiger partial charge in [0.1, 0.15) is 5.84 Å². The van der Waals surface area contributed by atoms with Crippen molar-refractivity contribution in [3.8, 4) is 0 Å². The van der Waals surface area contributed by atoms with Crippen molar-refractivity contribution < 1.29 is 5.11 Å². The molecule has 0 aromatic rings. The molecule has 0 bridgehead atoms. The van der Waals surface area contributed by atoms with Crippen LogP contribution in [0.1, 0.15) is 19.3 Å². The molecule has 1 aliphatic heterocycles. The number of aliphatic hydroxyl groups excluding tert-OH is 1. The molecular formula is C6H13N3O. The SMILES string of the molecule is N=C1CCC(O)CCN1N. The standard InChI is InChI=1S/C6H13N3O/c7-6-2-1-5(10)3-4-9(6)8/h5,7,10H,1-4,8H2. The first-order valence-electron chi connectivity index (χ1n) is 3.48. The summed E-state index contributed by atoms with van der Waals surface area (Å²) in [7, 11) is 0. The number of nitrogens with one attached hydrogen (secondary N) is 1. The minimum absolute atomic E-state index is 0.270. The van der Waals surface area contributed by atoms with Crippen LogP contribution in [0.5, 0.6) is 0 Å². The fraction of sp³-hybridized carbons (Fsp3) is 0.833. The maximum Gasteiger partial charge on any atom is 0.110 e. The van der Waals surface area contributed by atoms with Crippen molar-refractivity contribution in [1.82, 2.24) is 5.01 Å². The Kier molecular flexibility index (Phi) is 2.24. The average molecular weight is 143 g/mol. The normalized spacial score (nSPS) is 28.4. The molecule has 0 amide bonds. The minimum Gasteiger partial charge on any atom is -0.393 e. The Labute approximate surface area is 60.1 Å². The summed E-state index contributed by atoms with van der Waals surface area (Å²) in [6.45, 7) is 0.597. The van der Waals surface area contributed by atoms with E-state index in [9.17, 15) is 0 Å². The maximum atomic E-state index is 9.15. The molecular weight excluding hydrogens is 130 g/mol. The summed E-state index contributed by atoms with van der Waals surface area (Å²) in [5.74, 6) is 5.87. The number of amidine groups is 1. The predicted molar refractivity (Wildman–Crippen MR) is 38.5 cm³/mol. The van der Waals surface area contributed by atoms with Crippen molar-refractivity contribution in [2.45, 2.75) is 25.4 Å². The van der Waals surface area contributed by atoms with E-state index in [1.807, 2.05) is 0 Å². The highest BCUT2D eigenvalue weighted by Gasteiger charge is 2.15. The van der Waals surface area contributed by atoms with Gasteiger partial charge < -0.3 is 5.11 Å². The number of hydrogen-bond acceptors (Lipinski definition) is 3. The third-order valence-corrected chi connectivity index (χ3v) is 1.76. The molecule has 1 heterocycles. The van der Waals surface area contributed by atoms with Gasteiger partial charge in [0.25, 0.3) is 0 Å². The highest BCUT2D eigenvalue weighted by Crippen LogP contribution is 2.08. The van der Waals surface area contributed by atoms with E-state index < -0.39 is 0 Å². The summed E-state index contributed by atoms with van der Waals surface area (Å²) in [4.78, 5) is 0. The van der Waals surface area contributed by atoms with Crippen LogP contribution in [0.2, 0.25) is 0 Å². The third kappa shape index (κ3) is 1.68. The van der Waals surface area contributed by atoms with Gasteiger partial charge in [0.15, 0.2) is 0 Å². The molecule has 58 valence electrons. The Morgan fingerprint density at radius 3 is 3.00 bits per heavy atom. The molecule has 4 nitrogen and oxygen atoms in total. The van der Waals surface area contributed by atoms with E-state index in [0.29, 0.717) is 31.6 Å². The van der Waals surface area contributed by atoms with Crippen molar-refractivity contribution in [1.29, 1.82) is 5.41 Å². The van der Waals surface area contributed by atoms with E-state index in [1.165, 1.54) is 5.01 Å². The summed E-state index contributed by atoms with van der Waals surface area (Å²) in [5.41, 5.74) is 0. The van der Waals surface area contributed by atoms with Crippen molar-refractivity contribution in [3.63, 3.8) is 0 Å². The van der Waals surface area contributed by atoms with Crippen molar-refractivity contribution in [3.05, 3.63) is 0 Å². The number of aliphatic hydroxyl groups is 1. The van der Waals surface area contributed by atoms with E-state index in [0.717, 1.165) is 0 Å². The molecule has 10 heavy (non-hydrogen) atoms. The van der Waals surface area contributed by atoms with Crippen LogP contribution in [-0.2, 0) is 0 Å². The third-order valence-electron chi connectivity index (χ3n) is 1.76. The Balaban J connectivity index is 2.46.